The first kappa shape index (κ1) is 24.8. The summed E-state index contributed by atoms with van der Waals surface area (Å²) in [5.41, 5.74) is -8.79. The zero-order valence-electron chi connectivity index (χ0n) is 10.8. The standard InChI is InChI=1S/C8F17O/c9-1(8(24,25)26,3(12,13)6(18,19)20)2(10,11)4(14,15)5(16,17)7(21,22)23. The fourth-order valence-corrected chi connectivity index (χ4v) is 1.35. The van der Waals surface area contributed by atoms with Gasteiger partial charge in [-0.3, -0.25) is 0 Å². The molecule has 0 aliphatic carbocycles. The average Bonchev–Trinajstić information content (AvgIpc) is 2.32. The summed E-state index contributed by atoms with van der Waals surface area (Å²) in [5, 5.41) is 9.86. The Morgan fingerprint density at radius 2 is 0.615 bits per heavy atom. The molecular weight excluding hydrogens is 435 g/mol. The van der Waals surface area contributed by atoms with Crippen molar-refractivity contribution in [1.82, 2.24) is 0 Å². The highest BCUT2D eigenvalue weighted by molar-refractivity contribution is 5.18. The van der Waals surface area contributed by atoms with Gasteiger partial charge in [0.1, 0.15) is 0 Å². The molecule has 157 valence electrons. The molecule has 0 saturated carbocycles. The molecule has 0 aromatic rings. The summed E-state index contributed by atoms with van der Waals surface area (Å²) < 4.78 is 210. The zero-order valence-corrected chi connectivity index (χ0v) is 10.8. The Hall–Kier alpha value is -1.23. The third-order valence-electron chi connectivity index (χ3n) is 2.77. The van der Waals surface area contributed by atoms with Crippen molar-refractivity contribution >= 4 is 0 Å². The zero-order chi connectivity index (χ0) is 22.0. The lowest BCUT2D eigenvalue weighted by Crippen LogP contribution is -2.78. The lowest BCUT2D eigenvalue weighted by Gasteiger charge is -2.44. The molecule has 0 saturated heterocycles. The smallest absolute Gasteiger partial charge is 0.220 e. The Morgan fingerprint density at radius 1 is 0.346 bits per heavy atom. The van der Waals surface area contributed by atoms with Crippen molar-refractivity contribution in [1.29, 1.82) is 0 Å². The van der Waals surface area contributed by atoms with Crippen LogP contribution in [0.1, 0.15) is 0 Å². The predicted octanol–water partition coefficient (Wildman–Crippen LogP) is 5.38. The van der Waals surface area contributed by atoms with Gasteiger partial charge in [-0.25, -0.2) is 4.39 Å². The van der Waals surface area contributed by atoms with Gasteiger partial charge in [0.25, 0.3) is 0 Å². The van der Waals surface area contributed by atoms with E-state index in [4.69, 9.17) is 0 Å². The van der Waals surface area contributed by atoms with Crippen LogP contribution in [0.4, 0.5) is 74.6 Å². The lowest BCUT2D eigenvalue weighted by atomic mass is 9.82. The molecule has 0 N–H and O–H groups in total. The minimum absolute atomic E-state index is 7.87. The maximum absolute atomic E-state index is 13.3. The van der Waals surface area contributed by atoms with Gasteiger partial charge < -0.3 is 0 Å². The first-order chi connectivity index (χ1) is 10.8. The first-order valence-corrected chi connectivity index (χ1v) is 5.17. The summed E-state index contributed by atoms with van der Waals surface area (Å²) in [7, 11) is 0. The second kappa shape index (κ2) is 5.63. The number of hydrogen-bond acceptors (Lipinski definition) is 0. The van der Waals surface area contributed by atoms with E-state index in [0.29, 0.717) is 0 Å². The Morgan fingerprint density at radius 3 is 0.808 bits per heavy atom. The average molecular weight is 435 g/mol. The van der Waals surface area contributed by atoms with Crippen molar-refractivity contribution in [3.05, 3.63) is 0 Å². The van der Waals surface area contributed by atoms with E-state index in [1.54, 1.807) is 0 Å². The van der Waals surface area contributed by atoms with Crippen LogP contribution in [0.5, 0.6) is 0 Å². The molecule has 0 aliphatic heterocycles. The van der Waals surface area contributed by atoms with Gasteiger partial charge in [-0.2, -0.15) is 75.4 Å². The molecule has 1 radical (unpaired) electrons. The Kier molecular flexibility index (Phi) is 5.37. The van der Waals surface area contributed by atoms with Crippen LogP contribution in [0, 0.1) is 0 Å². The summed E-state index contributed by atoms with van der Waals surface area (Å²) in [4.78, 5) is 0. The van der Waals surface area contributed by atoms with Gasteiger partial charge >= 0.3 is 47.8 Å². The van der Waals surface area contributed by atoms with Gasteiger partial charge in [-0.15, -0.1) is 0 Å². The summed E-state index contributed by atoms with van der Waals surface area (Å²) in [5.74, 6) is -34.4. The van der Waals surface area contributed by atoms with Crippen LogP contribution >= 0.6 is 0 Å². The lowest BCUT2D eigenvalue weighted by molar-refractivity contribution is -0.491. The van der Waals surface area contributed by atoms with Crippen molar-refractivity contribution in [3.8, 4) is 0 Å². The van der Waals surface area contributed by atoms with E-state index in [9.17, 15) is 79.7 Å². The van der Waals surface area contributed by atoms with Crippen LogP contribution in [0.2, 0.25) is 0 Å². The van der Waals surface area contributed by atoms with Crippen molar-refractivity contribution in [2.75, 3.05) is 0 Å². The monoisotopic (exact) mass is 435 g/mol. The van der Waals surface area contributed by atoms with Crippen LogP contribution in [-0.4, -0.2) is 47.8 Å². The normalized spacial score (nSPS) is 18.7. The maximum Gasteiger partial charge on any atom is 0.460 e. The predicted molar refractivity (Wildman–Crippen MR) is 41.4 cm³/mol. The maximum atomic E-state index is 13.3. The molecule has 0 fully saturated rings. The van der Waals surface area contributed by atoms with E-state index in [1.807, 2.05) is 0 Å². The highest BCUT2D eigenvalue weighted by atomic mass is 19.4. The molecular formula is C8F17O. The molecule has 0 rings (SSSR count). The van der Waals surface area contributed by atoms with Crippen LogP contribution in [0.25, 0.3) is 0 Å². The van der Waals surface area contributed by atoms with E-state index >= 15 is 0 Å². The summed E-state index contributed by atoms with van der Waals surface area (Å²) in [6.07, 6.45) is -24.0. The minimum Gasteiger partial charge on any atom is -0.220 e. The van der Waals surface area contributed by atoms with Crippen LogP contribution < -0.4 is 0 Å². The molecule has 1 unspecified atom stereocenters. The van der Waals surface area contributed by atoms with Gasteiger partial charge in [0.05, 0.1) is 0 Å². The minimum atomic E-state index is -8.89. The Bertz CT molecular complexity index is 520. The van der Waals surface area contributed by atoms with E-state index in [-0.39, 0.29) is 0 Å². The molecule has 26 heavy (non-hydrogen) atoms. The second-order valence-corrected chi connectivity index (χ2v) is 4.47. The molecule has 0 heterocycles. The first-order valence-electron chi connectivity index (χ1n) is 5.17. The van der Waals surface area contributed by atoms with Gasteiger partial charge in [-0.05, 0) is 0 Å². The van der Waals surface area contributed by atoms with Gasteiger partial charge in [0.15, 0.2) is 0 Å². The van der Waals surface area contributed by atoms with Crippen LogP contribution in [0.3, 0.4) is 0 Å². The molecule has 1 nitrogen and oxygen atoms in total. The van der Waals surface area contributed by atoms with Crippen molar-refractivity contribution < 1.29 is 79.7 Å². The third-order valence-corrected chi connectivity index (χ3v) is 2.77. The molecule has 0 bridgehead atoms. The van der Waals surface area contributed by atoms with Gasteiger partial charge in [0, 0.05) is 0 Å². The summed E-state index contributed by atoms with van der Waals surface area (Å²) in [6.45, 7) is 0. The molecule has 0 aromatic heterocycles. The summed E-state index contributed by atoms with van der Waals surface area (Å²) >= 11 is 0. The largest absolute Gasteiger partial charge is 0.460 e. The quantitative estimate of drug-likeness (QED) is 0.517. The molecule has 18 heteroatoms. The SMILES string of the molecule is [O]C(F)(F)C(F)(C(F)(F)C(F)(F)F)C(F)(F)C(F)(F)C(F)(F)C(F)(F)F. The second-order valence-electron chi connectivity index (χ2n) is 4.47. The van der Waals surface area contributed by atoms with E-state index in [2.05, 4.69) is 0 Å². The highest BCUT2D eigenvalue weighted by Gasteiger charge is 2.98. The molecule has 0 aromatic carbocycles. The van der Waals surface area contributed by atoms with Crippen molar-refractivity contribution in [2.24, 2.45) is 0 Å². The van der Waals surface area contributed by atoms with E-state index in [1.165, 1.54) is 0 Å². The third kappa shape index (κ3) is 2.83. The van der Waals surface area contributed by atoms with Gasteiger partial charge in [0.2, 0.25) is 0 Å². The number of hydrogen-bond donors (Lipinski definition) is 0. The fourth-order valence-electron chi connectivity index (χ4n) is 1.35. The van der Waals surface area contributed by atoms with Crippen molar-refractivity contribution in [2.45, 2.75) is 47.8 Å². The van der Waals surface area contributed by atoms with Crippen LogP contribution in [0.15, 0.2) is 0 Å². The Balaban J connectivity index is 7.03. The Labute approximate surface area is 129 Å². The number of halogens is 17. The number of rotatable bonds is 5. The van der Waals surface area contributed by atoms with E-state index in [0.717, 1.165) is 0 Å². The fraction of sp³-hybridized carbons (Fsp3) is 1.00. The molecule has 0 amide bonds. The highest BCUT2D eigenvalue weighted by Crippen LogP contribution is 2.65. The van der Waals surface area contributed by atoms with Crippen molar-refractivity contribution in [3.63, 3.8) is 0 Å². The van der Waals surface area contributed by atoms with Crippen LogP contribution in [-0.2, 0) is 5.11 Å². The molecule has 0 aliphatic rings. The summed E-state index contributed by atoms with van der Waals surface area (Å²) in [6, 6.07) is 0. The molecule has 0 spiro atoms. The number of alkyl halides is 17. The molecule has 1 atom stereocenters. The van der Waals surface area contributed by atoms with E-state index < -0.39 is 47.8 Å². The topological polar surface area (TPSA) is 19.9 Å². The van der Waals surface area contributed by atoms with Gasteiger partial charge in [-0.1, -0.05) is 0 Å².